The fraction of sp³-hybridized carbons (Fsp3) is 0.200. The van der Waals surface area contributed by atoms with Gasteiger partial charge in [-0.1, -0.05) is 43.3 Å². The highest BCUT2D eigenvalue weighted by atomic mass is 16.5. The van der Waals surface area contributed by atoms with Gasteiger partial charge in [-0.2, -0.15) is 0 Å². The normalized spacial score (nSPS) is 11.8. The van der Waals surface area contributed by atoms with E-state index in [1.54, 1.807) is 13.1 Å². The van der Waals surface area contributed by atoms with Crippen molar-refractivity contribution >= 4 is 5.97 Å². The molecule has 1 heterocycles. The molecule has 0 aliphatic rings. The van der Waals surface area contributed by atoms with Gasteiger partial charge in [0.1, 0.15) is 0 Å². The monoisotopic (exact) mass is 241 g/mol. The number of carbonyl (C=O) groups is 1. The fourth-order valence-corrected chi connectivity index (χ4v) is 1.67. The van der Waals surface area contributed by atoms with Crippen molar-refractivity contribution in [2.45, 2.75) is 19.4 Å². The summed E-state index contributed by atoms with van der Waals surface area (Å²) in [7, 11) is 0. The van der Waals surface area contributed by atoms with Crippen LogP contribution in [0.4, 0.5) is 0 Å². The van der Waals surface area contributed by atoms with E-state index in [-0.39, 0.29) is 5.97 Å². The van der Waals surface area contributed by atoms with Crippen molar-refractivity contribution in [3.05, 3.63) is 66.0 Å². The van der Waals surface area contributed by atoms with Crippen molar-refractivity contribution in [1.29, 1.82) is 0 Å². The van der Waals surface area contributed by atoms with Crippen LogP contribution in [0.15, 0.2) is 54.7 Å². The first-order chi connectivity index (χ1) is 8.81. The maximum Gasteiger partial charge on any atom is 0.306 e. The van der Waals surface area contributed by atoms with Crippen molar-refractivity contribution in [1.82, 2.24) is 4.98 Å². The van der Waals surface area contributed by atoms with Gasteiger partial charge in [0.15, 0.2) is 6.10 Å². The van der Waals surface area contributed by atoms with Crippen molar-refractivity contribution < 1.29 is 9.53 Å². The molecular weight excluding hydrogens is 226 g/mol. The Kier molecular flexibility index (Phi) is 4.07. The Morgan fingerprint density at radius 3 is 2.50 bits per heavy atom. The summed E-state index contributed by atoms with van der Waals surface area (Å²) < 4.78 is 5.47. The smallest absolute Gasteiger partial charge is 0.306 e. The van der Waals surface area contributed by atoms with E-state index >= 15 is 0 Å². The molecular formula is C15H15NO2. The molecule has 0 aliphatic heterocycles. The van der Waals surface area contributed by atoms with Crippen LogP contribution in [0.3, 0.4) is 0 Å². The molecule has 1 unspecified atom stereocenters. The molecule has 0 radical (unpaired) electrons. The number of aromatic nitrogens is 1. The quantitative estimate of drug-likeness (QED) is 0.772. The van der Waals surface area contributed by atoms with Crippen LogP contribution in [0.2, 0.25) is 0 Å². The van der Waals surface area contributed by atoms with Gasteiger partial charge in [0.2, 0.25) is 0 Å². The van der Waals surface area contributed by atoms with Gasteiger partial charge < -0.3 is 4.74 Å². The molecule has 2 aromatic rings. The van der Waals surface area contributed by atoms with E-state index in [4.69, 9.17) is 4.74 Å². The van der Waals surface area contributed by atoms with Crippen molar-refractivity contribution in [2.24, 2.45) is 0 Å². The Morgan fingerprint density at radius 1 is 1.17 bits per heavy atom. The van der Waals surface area contributed by atoms with Gasteiger partial charge in [-0.15, -0.1) is 0 Å². The Labute approximate surface area is 106 Å². The number of hydrogen-bond acceptors (Lipinski definition) is 3. The first-order valence-corrected chi connectivity index (χ1v) is 5.96. The third-order valence-electron chi connectivity index (χ3n) is 2.60. The molecule has 0 saturated carbocycles. The van der Waals surface area contributed by atoms with Gasteiger partial charge in [0.25, 0.3) is 0 Å². The molecule has 0 aliphatic carbocycles. The third-order valence-corrected chi connectivity index (χ3v) is 2.60. The average Bonchev–Trinajstić information content (AvgIpc) is 2.46. The van der Waals surface area contributed by atoms with Crippen molar-refractivity contribution in [2.75, 3.05) is 0 Å². The molecule has 18 heavy (non-hydrogen) atoms. The number of carbonyl (C=O) groups excluding carboxylic acids is 1. The summed E-state index contributed by atoms with van der Waals surface area (Å²) >= 11 is 0. The molecule has 3 nitrogen and oxygen atoms in total. The number of ether oxygens (including phenoxy) is 1. The molecule has 1 aromatic carbocycles. The van der Waals surface area contributed by atoms with Gasteiger partial charge >= 0.3 is 5.97 Å². The van der Waals surface area contributed by atoms with Crippen LogP contribution in [-0.4, -0.2) is 11.0 Å². The second-order valence-electron chi connectivity index (χ2n) is 3.89. The zero-order valence-electron chi connectivity index (χ0n) is 10.2. The predicted octanol–water partition coefficient (Wildman–Crippen LogP) is 3.12. The molecule has 92 valence electrons. The lowest BCUT2D eigenvalue weighted by Gasteiger charge is -2.17. The molecule has 0 saturated heterocycles. The highest BCUT2D eigenvalue weighted by molar-refractivity contribution is 5.69. The molecule has 0 N–H and O–H groups in total. The van der Waals surface area contributed by atoms with Crippen LogP contribution >= 0.6 is 0 Å². The maximum atomic E-state index is 11.5. The van der Waals surface area contributed by atoms with Crippen molar-refractivity contribution in [3.8, 4) is 0 Å². The number of nitrogens with zero attached hydrogens (tertiary/aromatic N) is 1. The van der Waals surface area contributed by atoms with E-state index in [0.717, 1.165) is 11.3 Å². The summed E-state index contributed by atoms with van der Waals surface area (Å²) in [6, 6.07) is 15.2. The Bertz CT molecular complexity index is 457. The van der Waals surface area contributed by atoms with Crippen LogP contribution in [0.25, 0.3) is 0 Å². The van der Waals surface area contributed by atoms with E-state index in [2.05, 4.69) is 4.98 Å². The average molecular weight is 241 g/mol. The number of esters is 1. The maximum absolute atomic E-state index is 11.5. The number of rotatable bonds is 4. The lowest BCUT2D eigenvalue weighted by atomic mass is 10.1. The van der Waals surface area contributed by atoms with Gasteiger partial charge in [-0.3, -0.25) is 9.78 Å². The van der Waals surface area contributed by atoms with Crippen LogP contribution in [0, 0.1) is 0 Å². The van der Waals surface area contributed by atoms with Gasteiger partial charge in [-0.05, 0) is 17.7 Å². The topological polar surface area (TPSA) is 39.2 Å². The Morgan fingerprint density at radius 2 is 1.89 bits per heavy atom. The zero-order valence-corrected chi connectivity index (χ0v) is 10.2. The van der Waals surface area contributed by atoms with E-state index in [1.165, 1.54) is 0 Å². The Hall–Kier alpha value is -2.16. The van der Waals surface area contributed by atoms with E-state index in [1.807, 2.05) is 48.5 Å². The van der Waals surface area contributed by atoms with Gasteiger partial charge in [-0.25, -0.2) is 0 Å². The standard InChI is InChI=1S/C15H15NO2/c1-2-14(17)18-15(12-8-4-3-5-9-12)13-10-6-7-11-16-13/h3-11,15H,2H2,1H3. The fourth-order valence-electron chi connectivity index (χ4n) is 1.67. The summed E-state index contributed by atoms with van der Waals surface area (Å²) in [4.78, 5) is 15.8. The largest absolute Gasteiger partial charge is 0.451 e. The van der Waals surface area contributed by atoms with Crippen LogP contribution in [0.5, 0.6) is 0 Å². The lowest BCUT2D eigenvalue weighted by molar-refractivity contribution is -0.147. The first kappa shape index (κ1) is 12.3. The molecule has 0 spiro atoms. The van der Waals surface area contributed by atoms with Crippen molar-refractivity contribution in [3.63, 3.8) is 0 Å². The summed E-state index contributed by atoms with van der Waals surface area (Å²) in [6.45, 7) is 1.78. The zero-order chi connectivity index (χ0) is 12.8. The summed E-state index contributed by atoms with van der Waals surface area (Å²) in [6.07, 6.45) is 1.63. The molecule has 2 rings (SSSR count). The molecule has 0 bridgehead atoms. The summed E-state index contributed by atoms with van der Waals surface area (Å²) in [5, 5.41) is 0. The first-order valence-electron chi connectivity index (χ1n) is 5.96. The minimum absolute atomic E-state index is 0.227. The van der Waals surface area contributed by atoms with E-state index in [0.29, 0.717) is 6.42 Å². The minimum Gasteiger partial charge on any atom is -0.451 e. The number of benzene rings is 1. The number of hydrogen-bond donors (Lipinski definition) is 0. The molecule has 3 heteroatoms. The second kappa shape index (κ2) is 5.96. The number of pyridine rings is 1. The minimum atomic E-state index is -0.431. The highest BCUT2D eigenvalue weighted by Gasteiger charge is 2.18. The highest BCUT2D eigenvalue weighted by Crippen LogP contribution is 2.24. The summed E-state index contributed by atoms with van der Waals surface area (Å²) in [5.41, 5.74) is 1.67. The SMILES string of the molecule is CCC(=O)OC(c1ccccc1)c1ccccn1. The van der Waals surface area contributed by atoms with Crippen LogP contribution in [-0.2, 0) is 9.53 Å². The summed E-state index contributed by atoms with van der Waals surface area (Å²) in [5.74, 6) is -0.227. The van der Waals surface area contributed by atoms with Crippen LogP contribution in [0.1, 0.15) is 30.7 Å². The molecule has 1 aromatic heterocycles. The molecule has 0 amide bonds. The predicted molar refractivity (Wildman–Crippen MR) is 68.9 cm³/mol. The second-order valence-corrected chi connectivity index (χ2v) is 3.89. The van der Waals surface area contributed by atoms with Gasteiger partial charge in [0, 0.05) is 12.6 Å². The lowest BCUT2D eigenvalue weighted by Crippen LogP contribution is -2.12. The van der Waals surface area contributed by atoms with Gasteiger partial charge in [0.05, 0.1) is 5.69 Å². The van der Waals surface area contributed by atoms with E-state index in [9.17, 15) is 4.79 Å². The molecule has 0 fully saturated rings. The Balaban J connectivity index is 2.32. The molecule has 1 atom stereocenters. The third kappa shape index (κ3) is 2.94. The van der Waals surface area contributed by atoms with Crippen LogP contribution < -0.4 is 0 Å². The van der Waals surface area contributed by atoms with E-state index < -0.39 is 6.10 Å².